The fourth-order valence-electron chi connectivity index (χ4n) is 3.58. The Labute approximate surface area is 169 Å². The summed E-state index contributed by atoms with van der Waals surface area (Å²) in [6.07, 6.45) is 3.51. The van der Waals surface area contributed by atoms with Crippen molar-refractivity contribution in [3.63, 3.8) is 0 Å². The van der Waals surface area contributed by atoms with Gasteiger partial charge in [-0.3, -0.25) is 4.79 Å². The van der Waals surface area contributed by atoms with Crippen LogP contribution >= 0.6 is 0 Å². The Balaban J connectivity index is 1.51. The van der Waals surface area contributed by atoms with Crippen LogP contribution in [0.5, 0.6) is 0 Å². The summed E-state index contributed by atoms with van der Waals surface area (Å²) >= 11 is 0. The zero-order valence-electron chi connectivity index (χ0n) is 15.9. The van der Waals surface area contributed by atoms with E-state index in [-0.39, 0.29) is 24.2 Å². The van der Waals surface area contributed by atoms with Crippen molar-refractivity contribution in [1.29, 1.82) is 0 Å². The predicted octanol–water partition coefficient (Wildman–Crippen LogP) is 1.97. The Morgan fingerprint density at radius 2 is 2.00 bits per heavy atom. The maximum absolute atomic E-state index is 13.5. The van der Waals surface area contributed by atoms with Gasteiger partial charge in [-0.25, -0.2) is 18.3 Å². The lowest BCUT2D eigenvalue weighted by Crippen LogP contribution is -2.34. The molecule has 1 amide bonds. The number of pyridine rings is 1. The van der Waals surface area contributed by atoms with Gasteiger partial charge in [0.2, 0.25) is 11.7 Å². The van der Waals surface area contributed by atoms with Gasteiger partial charge in [-0.1, -0.05) is 17.3 Å². The van der Waals surface area contributed by atoms with Gasteiger partial charge < -0.3 is 9.42 Å². The molecule has 9 nitrogen and oxygen atoms in total. The molecule has 1 saturated heterocycles. The number of carbonyl (C=O) groups excluding carboxylic acids is 1. The summed E-state index contributed by atoms with van der Waals surface area (Å²) in [6, 6.07) is 9.20. The molecule has 5 rings (SSSR count). The van der Waals surface area contributed by atoms with Crippen molar-refractivity contribution >= 4 is 11.6 Å². The number of fused-ring (bicyclic) bond motifs is 1. The van der Waals surface area contributed by atoms with Gasteiger partial charge in [0.1, 0.15) is 12.4 Å². The Bertz CT molecular complexity index is 1300. The molecule has 0 saturated carbocycles. The number of hydrogen-bond acceptors (Lipinski definition) is 6. The van der Waals surface area contributed by atoms with Gasteiger partial charge in [0.25, 0.3) is 5.89 Å². The van der Waals surface area contributed by atoms with Gasteiger partial charge in [-0.05, 0) is 37.1 Å². The first-order valence-electron chi connectivity index (χ1n) is 9.56. The first-order valence-corrected chi connectivity index (χ1v) is 9.56. The molecule has 0 aliphatic carbocycles. The van der Waals surface area contributed by atoms with Crippen molar-refractivity contribution in [2.45, 2.75) is 19.4 Å². The molecular weight excluding hydrogens is 391 g/mol. The van der Waals surface area contributed by atoms with Crippen molar-refractivity contribution < 1.29 is 13.7 Å². The van der Waals surface area contributed by atoms with E-state index in [4.69, 9.17) is 4.52 Å². The van der Waals surface area contributed by atoms with E-state index in [9.17, 15) is 14.0 Å². The summed E-state index contributed by atoms with van der Waals surface area (Å²) in [5, 5.41) is 8.23. The monoisotopic (exact) mass is 408 g/mol. The average molecular weight is 408 g/mol. The molecule has 1 aliphatic rings. The van der Waals surface area contributed by atoms with E-state index < -0.39 is 11.5 Å². The zero-order valence-corrected chi connectivity index (χ0v) is 15.9. The minimum atomic E-state index is -0.427. The molecule has 30 heavy (non-hydrogen) atoms. The second-order valence-electron chi connectivity index (χ2n) is 7.08. The number of halogens is 1. The molecule has 1 fully saturated rings. The van der Waals surface area contributed by atoms with Crippen LogP contribution in [-0.4, -0.2) is 48.2 Å². The van der Waals surface area contributed by atoms with Gasteiger partial charge >= 0.3 is 5.69 Å². The van der Waals surface area contributed by atoms with E-state index in [2.05, 4.69) is 15.2 Å². The Hall–Kier alpha value is -3.82. The minimum Gasteiger partial charge on any atom is -0.341 e. The molecule has 0 radical (unpaired) electrons. The highest BCUT2D eigenvalue weighted by molar-refractivity contribution is 5.76. The number of rotatable bonds is 4. The number of amides is 1. The first kappa shape index (κ1) is 18.2. The van der Waals surface area contributed by atoms with Crippen LogP contribution < -0.4 is 5.69 Å². The van der Waals surface area contributed by atoms with Crippen LogP contribution in [0.2, 0.25) is 0 Å². The van der Waals surface area contributed by atoms with Crippen molar-refractivity contribution in [3.8, 4) is 22.8 Å². The van der Waals surface area contributed by atoms with Crippen LogP contribution in [0.15, 0.2) is 51.9 Å². The quantitative estimate of drug-likeness (QED) is 0.512. The summed E-state index contributed by atoms with van der Waals surface area (Å²) in [7, 11) is 0. The summed E-state index contributed by atoms with van der Waals surface area (Å²) in [6.45, 7) is 1.28. The van der Waals surface area contributed by atoms with Crippen LogP contribution in [-0.2, 0) is 11.3 Å². The number of hydrogen-bond donors (Lipinski definition) is 0. The number of aromatic nitrogens is 5. The van der Waals surface area contributed by atoms with Gasteiger partial charge in [-0.15, -0.1) is 5.10 Å². The maximum atomic E-state index is 13.5. The van der Waals surface area contributed by atoms with E-state index in [0.717, 1.165) is 17.5 Å². The molecule has 0 bridgehead atoms. The van der Waals surface area contributed by atoms with Gasteiger partial charge in [0.15, 0.2) is 5.65 Å². The molecule has 3 aromatic heterocycles. The number of carbonyl (C=O) groups is 1. The molecule has 0 spiro atoms. The molecule has 4 aromatic rings. The standard InChI is InChI=1S/C20H17FN6O3/c21-14-6-3-5-13(11-14)17-22-19(30-24-17)15-7-4-10-26-18(15)23-27(20(26)29)12-16(28)25-8-1-2-9-25/h3-7,10-11H,1-2,8-9,12H2. The summed E-state index contributed by atoms with van der Waals surface area (Å²) in [5.41, 5.74) is 0.781. The Morgan fingerprint density at radius 1 is 1.17 bits per heavy atom. The summed E-state index contributed by atoms with van der Waals surface area (Å²) in [5.74, 6) is -0.181. The molecule has 0 N–H and O–H groups in total. The van der Waals surface area contributed by atoms with Crippen molar-refractivity contribution in [1.82, 2.24) is 29.2 Å². The molecule has 152 valence electrons. The topological polar surface area (TPSA) is 98.5 Å². The van der Waals surface area contributed by atoms with E-state index in [1.807, 2.05) is 0 Å². The van der Waals surface area contributed by atoms with Gasteiger partial charge in [0, 0.05) is 24.8 Å². The Kier molecular flexibility index (Phi) is 4.38. The fourth-order valence-corrected chi connectivity index (χ4v) is 3.58. The number of likely N-dealkylation sites (tertiary alicyclic amines) is 1. The summed E-state index contributed by atoms with van der Waals surface area (Å²) < 4.78 is 21.3. The average Bonchev–Trinajstić information content (AvgIpc) is 3.49. The second kappa shape index (κ2) is 7.21. The van der Waals surface area contributed by atoms with Crippen LogP contribution in [0.3, 0.4) is 0 Å². The normalized spacial score (nSPS) is 14.0. The Morgan fingerprint density at radius 3 is 2.80 bits per heavy atom. The lowest BCUT2D eigenvalue weighted by atomic mass is 10.2. The number of benzene rings is 1. The second-order valence-corrected chi connectivity index (χ2v) is 7.08. The minimum absolute atomic E-state index is 0.127. The predicted molar refractivity (Wildman–Crippen MR) is 104 cm³/mol. The van der Waals surface area contributed by atoms with Crippen molar-refractivity contribution in [2.24, 2.45) is 0 Å². The van der Waals surface area contributed by atoms with Crippen molar-refractivity contribution in [2.75, 3.05) is 13.1 Å². The van der Waals surface area contributed by atoms with E-state index >= 15 is 0 Å². The third-order valence-electron chi connectivity index (χ3n) is 5.09. The lowest BCUT2D eigenvalue weighted by molar-refractivity contribution is -0.131. The first-order chi connectivity index (χ1) is 14.6. The van der Waals surface area contributed by atoms with E-state index in [0.29, 0.717) is 29.9 Å². The third-order valence-corrected chi connectivity index (χ3v) is 5.09. The zero-order chi connectivity index (χ0) is 20.7. The molecule has 4 heterocycles. The molecule has 0 unspecified atom stereocenters. The molecule has 0 atom stereocenters. The highest BCUT2D eigenvalue weighted by Crippen LogP contribution is 2.24. The van der Waals surface area contributed by atoms with Crippen LogP contribution in [0, 0.1) is 5.82 Å². The van der Waals surface area contributed by atoms with Gasteiger partial charge in [-0.2, -0.15) is 4.98 Å². The van der Waals surface area contributed by atoms with Gasteiger partial charge in [0.05, 0.1) is 5.56 Å². The molecular formula is C20H17FN6O3. The molecule has 10 heteroatoms. The highest BCUT2D eigenvalue weighted by atomic mass is 19.1. The van der Waals surface area contributed by atoms with E-state index in [1.165, 1.54) is 16.5 Å². The van der Waals surface area contributed by atoms with Crippen molar-refractivity contribution in [3.05, 3.63) is 58.9 Å². The number of nitrogens with zero attached hydrogens (tertiary/aromatic N) is 6. The molecule has 1 aliphatic heterocycles. The highest BCUT2D eigenvalue weighted by Gasteiger charge is 2.22. The van der Waals surface area contributed by atoms with Crippen LogP contribution in [0.4, 0.5) is 4.39 Å². The largest absolute Gasteiger partial charge is 0.350 e. The summed E-state index contributed by atoms with van der Waals surface area (Å²) in [4.78, 5) is 31.2. The SMILES string of the molecule is O=C(Cn1nc2c(-c3nc(-c4cccc(F)c4)no3)cccn2c1=O)N1CCCC1. The smallest absolute Gasteiger partial charge is 0.341 e. The maximum Gasteiger partial charge on any atom is 0.350 e. The molecule has 1 aromatic carbocycles. The van der Waals surface area contributed by atoms with Crippen LogP contribution in [0.1, 0.15) is 12.8 Å². The third kappa shape index (κ3) is 3.15. The van der Waals surface area contributed by atoms with Crippen LogP contribution in [0.25, 0.3) is 28.5 Å². The fraction of sp³-hybridized carbons (Fsp3) is 0.250. The lowest BCUT2D eigenvalue weighted by Gasteiger charge is -2.14. The van der Waals surface area contributed by atoms with E-state index in [1.54, 1.807) is 35.4 Å².